The molecule has 5 heteroatoms. The average Bonchev–Trinajstić information content (AvgIpc) is 2.75. The number of aryl methyl sites for hydroxylation is 2. The third-order valence-electron chi connectivity index (χ3n) is 3.15. The van der Waals surface area contributed by atoms with Crippen LogP contribution in [0.15, 0.2) is 12.3 Å². The SMILES string of the molecule is CCCNc1cc(C(C)C)nc(-c2cn(C)nc2C)n1. The number of hydrogen-bond acceptors (Lipinski definition) is 4. The molecule has 0 atom stereocenters. The van der Waals surface area contributed by atoms with Crippen LogP contribution >= 0.6 is 0 Å². The highest BCUT2D eigenvalue weighted by Gasteiger charge is 2.13. The number of aromatic nitrogens is 4. The molecule has 108 valence electrons. The van der Waals surface area contributed by atoms with Gasteiger partial charge < -0.3 is 5.32 Å². The summed E-state index contributed by atoms with van der Waals surface area (Å²) >= 11 is 0. The number of anilines is 1. The molecular weight excluding hydrogens is 250 g/mol. The third kappa shape index (κ3) is 3.15. The Morgan fingerprint density at radius 3 is 2.60 bits per heavy atom. The molecule has 20 heavy (non-hydrogen) atoms. The van der Waals surface area contributed by atoms with Crippen LogP contribution in [-0.2, 0) is 7.05 Å². The number of hydrogen-bond donors (Lipinski definition) is 1. The lowest BCUT2D eigenvalue weighted by atomic mass is 10.1. The fourth-order valence-corrected chi connectivity index (χ4v) is 2.04. The minimum atomic E-state index is 0.371. The van der Waals surface area contributed by atoms with Crippen molar-refractivity contribution in [2.45, 2.75) is 40.0 Å². The molecule has 5 nitrogen and oxygen atoms in total. The topological polar surface area (TPSA) is 55.6 Å². The highest BCUT2D eigenvalue weighted by atomic mass is 15.3. The van der Waals surface area contributed by atoms with Gasteiger partial charge in [-0.15, -0.1) is 0 Å². The Labute approximate surface area is 120 Å². The molecule has 2 aromatic heterocycles. The first-order chi connectivity index (χ1) is 9.51. The molecule has 1 N–H and O–H groups in total. The van der Waals surface area contributed by atoms with Gasteiger partial charge in [-0.3, -0.25) is 4.68 Å². The standard InChI is InChI=1S/C15H23N5/c1-6-7-16-14-8-13(10(2)3)17-15(18-14)12-9-20(5)19-11(12)4/h8-10H,6-7H2,1-5H3,(H,16,17,18). The number of nitrogens with one attached hydrogen (secondary N) is 1. The lowest BCUT2D eigenvalue weighted by Crippen LogP contribution is -2.06. The van der Waals surface area contributed by atoms with Crippen molar-refractivity contribution in [3.05, 3.63) is 23.7 Å². The van der Waals surface area contributed by atoms with E-state index in [1.54, 1.807) is 4.68 Å². The van der Waals surface area contributed by atoms with Crippen molar-refractivity contribution in [1.82, 2.24) is 19.7 Å². The zero-order chi connectivity index (χ0) is 14.7. The predicted molar refractivity (Wildman–Crippen MR) is 81.8 cm³/mol. The summed E-state index contributed by atoms with van der Waals surface area (Å²) in [5.41, 5.74) is 3.00. The average molecular weight is 273 g/mol. The monoisotopic (exact) mass is 273 g/mol. The molecule has 0 aliphatic heterocycles. The third-order valence-corrected chi connectivity index (χ3v) is 3.15. The zero-order valence-electron chi connectivity index (χ0n) is 12.9. The van der Waals surface area contributed by atoms with E-state index in [2.05, 4.69) is 41.2 Å². The fraction of sp³-hybridized carbons (Fsp3) is 0.533. The van der Waals surface area contributed by atoms with Crippen LogP contribution in [0.5, 0.6) is 0 Å². The summed E-state index contributed by atoms with van der Waals surface area (Å²) in [6.45, 7) is 9.33. The van der Waals surface area contributed by atoms with E-state index >= 15 is 0 Å². The van der Waals surface area contributed by atoms with Gasteiger partial charge in [0.15, 0.2) is 5.82 Å². The van der Waals surface area contributed by atoms with Crippen LogP contribution < -0.4 is 5.32 Å². The maximum absolute atomic E-state index is 4.68. The van der Waals surface area contributed by atoms with Gasteiger partial charge in [0.05, 0.1) is 11.3 Å². The summed E-state index contributed by atoms with van der Waals surface area (Å²) in [4.78, 5) is 9.30. The molecule has 0 aromatic carbocycles. The molecule has 0 aliphatic carbocycles. The van der Waals surface area contributed by atoms with Gasteiger partial charge in [0.25, 0.3) is 0 Å². The molecule has 0 fully saturated rings. The molecular formula is C15H23N5. The van der Waals surface area contributed by atoms with E-state index in [0.29, 0.717) is 5.92 Å². The fourth-order valence-electron chi connectivity index (χ4n) is 2.04. The van der Waals surface area contributed by atoms with Crippen LogP contribution in [0.1, 0.15) is 44.5 Å². The Kier molecular flexibility index (Phi) is 4.37. The molecule has 0 amide bonds. The van der Waals surface area contributed by atoms with E-state index in [1.165, 1.54) is 0 Å². The molecule has 0 spiro atoms. The number of rotatable bonds is 5. The Hall–Kier alpha value is -1.91. The van der Waals surface area contributed by atoms with Crippen LogP contribution in [0, 0.1) is 6.92 Å². The van der Waals surface area contributed by atoms with Gasteiger partial charge >= 0.3 is 0 Å². The molecule has 0 bridgehead atoms. The molecule has 0 aliphatic rings. The van der Waals surface area contributed by atoms with Crippen molar-refractivity contribution in [2.75, 3.05) is 11.9 Å². The molecule has 2 heterocycles. The Balaban J connectivity index is 2.46. The summed E-state index contributed by atoms with van der Waals surface area (Å²) in [6, 6.07) is 2.04. The van der Waals surface area contributed by atoms with Crippen molar-refractivity contribution in [3.63, 3.8) is 0 Å². The summed E-state index contributed by atoms with van der Waals surface area (Å²) in [5, 5.41) is 7.72. The second kappa shape index (κ2) is 6.03. The van der Waals surface area contributed by atoms with Crippen molar-refractivity contribution in [1.29, 1.82) is 0 Å². The van der Waals surface area contributed by atoms with Gasteiger partial charge in [0.1, 0.15) is 5.82 Å². The highest BCUT2D eigenvalue weighted by molar-refractivity contribution is 5.59. The van der Waals surface area contributed by atoms with E-state index < -0.39 is 0 Å². The second-order valence-electron chi connectivity index (χ2n) is 5.38. The maximum Gasteiger partial charge on any atom is 0.165 e. The molecule has 0 saturated heterocycles. The molecule has 0 radical (unpaired) electrons. The zero-order valence-corrected chi connectivity index (χ0v) is 12.9. The minimum absolute atomic E-state index is 0.371. The normalized spacial score (nSPS) is 11.1. The Morgan fingerprint density at radius 2 is 2.05 bits per heavy atom. The maximum atomic E-state index is 4.68. The predicted octanol–water partition coefficient (Wildman–Crippen LogP) is 3.13. The van der Waals surface area contributed by atoms with E-state index in [9.17, 15) is 0 Å². The van der Waals surface area contributed by atoms with Crippen LogP contribution in [0.2, 0.25) is 0 Å². The summed E-state index contributed by atoms with van der Waals surface area (Å²) < 4.78 is 1.80. The molecule has 0 saturated carbocycles. The van der Waals surface area contributed by atoms with Gasteiger partial charge in [-0.05, 0) is 19.3 Å². The van der Waals surface area contributed by atoms with Crippen LogP contribution in [0.3, 0.4) is 0 Å². The van der Waals surface area contributed by atoms with Crippen molar-refractivity contribution < 1.29 is 0 Å². The van der Waals surface area contributed by atoms with Gasteiger partial charge in [-0.2, -0.15) is 5.10 Å². The van der Waals surface area contributed by atoms with E-state index in [-0.39, 0.29) is 0 Å². The van der Waals surface area contributed by atoms with Crippen molar-refractivity contribution in [3.8, 4) is 11.4 Å². The first-order valence-corrected chi connectivity index (χ1v) is 7.14. The van der Waals surface area contributed by atoms with Gasteiger partial charge in [-0.25, -0.2) is 9.97 Å². The summed E-state index contributed by atoms with van der Waals surface area (Å²) in [7, 11) is 1.92. The smallest absolute Gasteiger partial charge is 0.165 e. The largest absolute Gasteiger partial charge is 0.370 e. The Morgan fingerprint density at radius 1 is 1.30 bits per heavy atom. The molecule has 2 aromatic rings. The van der Waals surface area contributed by atoms with Crippen LogP contribution in [0.4, 0.5) is 5.82 Å². The molecule has 2 rings (SSSR count). The van der Waals surface area contributed by atoms with E-state index in [4.69, 9.17) is 0 Å². The highest BCUT2D eigenvalue weighted by Crippen LogP contribution is 2.23. The van der Waals surface area contributed by atoms with Gasteiger partial charge in [0, 0.05) is 31.5 Å². The van der Waals surface area contributed by atoms with Gasteiger partial charge in [0.2, 0.25) is 0 Å². The van der Waals surface area contributed by atoms with E-state index in [1.807, 2.05) is 26.2 Å². The summed E-state index contributed by atoms with van der Waals surface area (Å²) in [5.74, 6) is 2.01. The lowest BCUT2D eigenvalue weighted by Gasteiger charge is -2.11. The Bertz CT molecular complexity index is 586. The van der Waals surface area contributed by atoms with Gasteiger partial charge in [-0.1, -0.05) is 20.8 Å². The lowest BCUT2D eigenvalue weighted by molar-refractivity contribution is 0.756. The second-order valence-corrected chi connectivity index (χ2v) is 5.38. The van der Waals surface area contributed by atoms with Crippen LogP contribution in [0.25, 0.3) is 11.4 Å². The van der Waals surface area contributed by atoms with Crippen LogP contribution in [-0.4, -0.2) is 26.3 Å². The van der Waals surface area contributed by atoms with Crippen molar-refractivity contribution >= 4 is 5.82 Å². The first kappa shape index (κ1) is 14.5. The van der Waals surface area contributed by atoms with Crippen molar-refractivity contribution in [2.24, 2.45) is 7.05 Å². The first-order valence-electron chi connectivity index (χ1n) is 7.14. The minimum Gasteiger partial charge on any atom is -0.370 e. The quantitative estimate of drug-likeness (QED) is 0.909. The number of nitrogens with zero attached hydrogens (tertiary/aromatic N) is 4. The summed E-state index contributed by atoms with van der Waals surface area (Å²) in [6.07, 6.45) is 3.04. The van der Waals surface area contributed by atoms with E-state index in [0.717, 1.165) is 41.6 Å². The molecule has 0 unspecified atom stereocenters.